The molecule has 1 atom stereocenters. The number of piperidine rings is 1. The Labute approximate surface area is 172 Å². The number of hydrogen-bond acceptors (Lipinski definition) is 4. The van der Waals surface area contributed by atoms with Crippen LogP contribution in [-0.2, 0) is 16.8 Å². The number of furan rings is 1. The van der Waals surface area contributed by atoms with Crippen molar-refractivity contribution in [3.63, 3.8) is 0 Å². The molecule has 0 bridgehead atoms. The number of nitrogens with one attached hydrogen (secondary N) is 1. The molecule has 2 aliphatic heterocycles. The summed E-state index contributed by atoms with van der Waals surface area (Å²) in [6, 6.07) is 4.15. The Bertz CT molecular complexity index is 873. The van der Waals surface area contributed by atoms with Crippen LogP contribution in [0.3, 0.4) is 0 Å². The number of rotatable bonds is 5. The van der Waals surface area contributed by atoms with Gasteiger partial charge >= 0.3 is 0 Å². The van der Waals surface area contributed by atoms with E-state index in [9.17, 15) is 4.79 Å². The zero-order valence-electron chi connectivity index (χ0n) is 17.6. The van der Waals surface area contributed by atoms with Gasteiger partial charge in [-0.2, -0.15) is 0 Å². The predicted molar refractivity (Wildman–Crippen MR) is 111 cm³/mol. The van der Waals surface area contributed by atoms with E-state index in [4.69, 9.17) is 9.40 Å². The Kier molecular flexibility index (Phi) is 4.77. The Morgan fingerprint density at radius 2 is 2.10 bits per heavy atom. The van der Waals surface area contributed by atoms with Gasteiger partial charge in [0.1, 0.15) is 11.5 Å². The fraction of sp³-hybridized carbons (Fsp3) is 0.652. The van der Waals surface area contributed by atoms with E-state index >= 15 is 0 Å². The second kappa shape index (κ2) is 7.31. The molecule has 0 unspecified atom stereocenters. The fourth-order valence-corrected chi connectivity index (χ4v) is 5.24. The zero-order valence-corrected chi connectivity index (χ0v) is 17.6. The lowest BCUT2D eigenvalue weighted by molar-refractivity contribution is -0.143. The van der Waals surface area contributed by atoms with Gasteiger partial charge in [-0.3, -0.25) is 4.79 Å². The van der Waals surface area contributed by atoms with Crippen LogP contribution in [0.25, 0.3) is 0 Å². The van der Waals surface area contributed by atoms with Crippen LogP contribution in [0.2, 0.25) is 0 Å². The number of aromatic nitrogens is 2. The lowest BCUT2D eigenvalue weighted by Gasteiger charge is -2.50. The van der Waals surface area contributed by atoms with Gasteiger partial charge in [0.2, 0.25) is 5.91 Å². The third kappa shape index (κ3) is 3.41. The summed E-state index contributed by atoms with van der Waals surface area (Å²) in [5.74, 6) is 3.14. The van der Waals surface area contributed by atoms with Crippen LogP contribution in [0.5, 0.6) is 0 Å². The van der Waals surface area contributed by atoms with Crippen molar-refractivity contribution < 1.29 is 9.21 Å². The maximum absolute atomic E-state index is 13.1. The number of hydrogen-bond donors (Lipinski definition) is 1. The van der Waals surface area contributed by atoms with Crippen molar-refractivity contribution in [3.05, 3.63) is 41.4 Å². The number of imidazole rings is 1. The summed E-state index contributed by atoms with van der Waals surface area (Å²) in [6.45, 7) is 8.19. The molecule has 0 radical (unpaired) electrons. The molecule has 1 saturated carbocycles. The first kappa shape index (κ1) is 18.9. The van der Waals surface area contributed by atoms with Crippen LogP contribution in [0.1, 0.15) is 67.9 Å². The van der Waals surface area contributed by atoms with Crippen LogP contribution in [-0.4, -0.2) is 51.9 Å². The molecule has 6 heteroatoms. The van der Waals surface area contributed by atoms with Crippen molar-refractivity contribution >= 4 is 5.91 Å². The number of amides is 1. The molecule has 156 valence electrons. The third-order valence-corrected chi connectivity index (χ3v) is 7.26. The molecule has 6 nitrogen and oxygen atoms in total. The summed E-state index contributed by atoms with van der Waals surface area (Å²) in [5, 5.41) is 0. The van der Waals surface area contributed by atoms with Crippen molar-refractivity contribution in [2.45, 2.75) is 63.8 Å². The summed E-state index contributed by atoms with van der Waals surface area (Å²) in [4.78, 5) is 25.9. The van der Waals surface area contributed by atoms with E-state index in [0.29, 0.717) is 11.8 Å². The van der Waals surface area contributed by atoms with Gasteiger partial charge in [0.05, 0.1) is 17.6 Å². The molecule has 2 fully saturated rings. The predicted octanol–water partition coefficient (Wildman–Crippen LogP) is 3.59. The van der Waals surface area contributed by atoms with Gasteiger partial charge in [-0.25, -0.2) is 4.98 Å². The molecule has 2 aromatic heterocycles. The molecule has 0 aromatic carbocycles. The maximum Gasteiger partial charge on any atom is 0.226 e. The van der Waals surface area contributed by atoms with Crippen LogP contribution >= 0.6 is 0 Å². The highest BCUT2D eigenvalue weighted by molar-refractivity contribution is 5.82. The molecular weight excluding hydrogens is 364 g/mol. The Hall–Kier alpha value is -2.08. The normalized spacial score (nSPS) is 22.6. The number of nitrogens with zero attached hydrogens (tertiary/aromatic N) is 3. The van der Waals surface area contributed by atoms with E-state index in [2.05, 4.69) is 27.8 Å². The van der Waals surface area contributed by atoms with Crippen molar-refractivity contribution in [2.24, 2.45) is 5.92 Å². The van der Waals surface area contributed by atoms with E-state index in [-0.39, 0.29) is 11.5 Å². The Morgan fingerprint density at radius 3 is 2.79 bits per heavy atom. The Balaban J connectivity index is 1.26. The number of likely N-dealkylation sites (tertiary alicyclic amines) is 1. The summed E-state index contributed by atoms with van der Waals surface area (Å²) >= 11 is 0. The molecule has 1 amide bonds. The lowest BCUT2D eigenvalue weighted by atomic mass is 9.78. The molecule has 3 aliphatic rings. The van der Waals surface area contributed by atoms with Crippen LogP contribution in [0.4, 0.5) is 0 Å². The molecular formula is C23H32N4O2. The van der Waals surface area contributed by atoms with Gasteiger partial charge < -0.3 is 19.2 Å². The van der Waals surface area contributed by atoms with Gasteiger partial charge in [-0.1, -0.05) is 6.92 Å². The number of carbonyl (C=O) groups excluding carboxylic acids is 1. The molecule has 5 rings (SSSR count). The van der Waals surface area contributed by atoms with Crippen molar-refractivity contribution in [1.29, 1.82) is 0 Å². The minimum atomic E-state index is -0.201. The highest BCUT2D eigenvalue weighted by atomic mass is 16.3. The van der Waals surface area contributed by atoms with E-state index in [1.807, 2.05) is 19.3 Å². The van der Waals surface area contributed by atoms with Gasteiger partial charge in [-0.05, 0) is 57.7 Å². The van der Waals surface area contributed by atoms with Crippen molar-refractivity contribution in [2.75, 3.05) is 26.2 Å². The average Bonchev–Trinajstić information content (AvgIpc) is 3.30. The second-order valence-electron chi connectivity index (χ2n) is 9.26. The number of aromatic amines is 1. The topological polar surface area (TPSA) is 65.4 Å². The van der Waals surface area contributed by atoms with E-state index in [1.165, 1.54) is 5.69 Å². The fourth-order valence-electron chi connectivity index (χ4n) is 5.24. The minimum Gasteiger partial charge on any atom is -0.466 e. The highest BCUT2D eigenvalue weighted by Gasteiger charge is 2.50. The first-order chi connectivity index (χ1) is 14.1. The summed E-state index contributed by atoms with van der Waals surface area (Å²) in [5.41, 5.74) is 2.17. The number of H-pyrrole nitrogens is 1. The van der Waals surface area contributed by atoms with Crippen LogP contribution in [0, 0.1) is 12.8 Å². The second-order valence-corrected chi connectivity index (χ2v) is 9.26. The average molecular weight is 397 g/mol. The monoisotopic (exact) mass is 396 g/mol. The highest BCUT2D eigenvalue weighted by Crippen LogP contribution is 2.45. The van der Waals surface area contributed by atoms with Crippen LogP contribution < -0.4 is 0 Å². The van der Waals surface area contributed by atoms with Crippen molar-refractivity contribution in [1.82, 2.24) is 19.8 Å². The smallest absolute Gasteiger partial charge is 0.226 e. The number of aryl methyl sites for hydroxylation is 1. The van der Waals surface area contributed by atoms with Gasteiger partial charge in [0, 0.05) is 43.6 Å². The summed E-state index contributed by atoms with van der Waals surface area (Å²) in [7, 11) is 0. The Morgan fingerprint density at radius 1 is 1.31 bits per heavy atom. The number of carbonyl (C=O) groups is 1. The van der Waals surface area contributed by atoms with Gasteiger partial charge in [-0.15, -0.1) is 0 Å². The first-order valence-corrected chi connectivity index (χ1v) is 11.2. The molecule has 1 aliphatic carbocycles. The maximum atomic E-state index is 13.1. The molecule has 1 spiro atoms. The van der Waals surface area contributed by atoms with Gasteiger partial charge in [0.25, 0.3) is 0 Å². The van der Waals surface area contributed by atoms with E-state index in [0.717, 1.165) is 81.9 Å². The van der Waals surface area contributed by atoms with Crippen LogP contribution in [0.15, 0.2) is 22.9 Å². The SMILES string of the molecule is Cc1ccc([C@H](C)CCN2CCC3(CC2)c2nc[nH]c2CCN3C(=O)C2CC2)o1. The third-order valence-electron chi connectivity index (χ3n) is 7.26. The van der Waals surface area contributed by atoms with E-state index < -0.39 is 0 Å². The molecule has 1 saturated heterocycles. The van der Waals surface area contributed by atoms with E-state index in [1.54, 1.807) is 0 Å². The minimum absolute atomic E-state index is 0.201. The first-order valence-electron chi connectivity index (χ1n) is 11.2. The summed E-state index contributed by atoms with van der Waals surface area (Å²) < 4.78 is 5.80. The number of fused-ring (bicyclic) bond motifs is 2. The van der Waals surface area contributed by atoms with Gasteiger partial charge in [0.15, 0.2) is 0 Å². The molecule has 2 aromatic rings. The standard InChI is InChI=1S/C23H32N4O2/c1-16(20-6-3-17(2)29-20)7-11-26-13-9-23(10-14-26)21-19(24-15-25-21)8-12-27(23)22(28)18-4-5-18/h3,6,15-16,18H,4-5,7-14H2,1-2H3,(H,24,25)/t16-/m1/s1. The zero-order chi connectivity index (χ0) is 20.0. The summed E-state index contributed by atoms with van der Waals surface area (Å²) in [6.07, 6.45) is 7.91. The molecule has 29 heavy (non-hydrogen) atoms. The largest absolute Gasteiger partial charge is 0.466 e. The van der Waals surface area contributed by atoms with Crippen molar-refractivity contribution in [3.8, 4) is 0 Å². The molecule has 1 N–H and O–H groups in total. The quantitative estimate of drug-likeness (QED) is 0.839. The molecule has 4 heterocycles. The lowest BCUT2D eigenvalue weighted by Crippen LogP contribution is -2.58.